The van der Waals surface area contributed by atoms with Crippen LogP contribution < -0.4 is 16.0 Å². The van der Waals surface area contributed by atoms with E-state index in [0.29, 0.717) is 40.2 Å². The van der Waals surface area contributed by atoms with Crippen molar-refractivity contribution in [3.05, 3.63) is 81.1 Å². The summed E-state index contributed by atoms with van der Waals surface area (Å²) in [7, 11) is 0. The number of ether oxygens (including phenoxy) is 1. The van der Waals surface area contributed by atoms with E-state index < -0.39 is 47.4 Å². The molecule has 13 nitrogen and oxygen atoms in total. The molecule has 50 heavy (non-hydrogen) atoms. The second-order valence-corrected chi connectivity index (χ2v) is 13.6. The van der Waals surface area contributed by atoms with Crippen molar-refractivity contribution >= 4 is 58.0 Å². The second kappa shape index (κ2) is 15.5. The van der Waals surface area contributed by atoms with Crippen LogP contribution in [0.2, 0.25) is 10.0 Å². The average molecular weight is 728 g/mol. The SMILES string of the molecule is CCC(C)[C@H](NC(=O)OCc1ccccc1)C(=O)N[C@]1(C(=O)N[C@H](c2nnc(C(=O)O)o2)C(C)CC)CCc2[nH]c3c(Cl)cc(Cl)cc3c2C1. The highest BCUT2D eigenvalue weighted by molar-refractivity contribution is 6.38. The lowest BCUT2D eigenvalue weighted by molar-refractivity contribution is -0.136. The van der Waals surface area contributed by atoms with Crippen molar-refractivity contribution in [2.45, 2.75) is 84.0 Å². The van der Waals surface area contributed by atoms with Gasteiger partial charge in [0.25, 0.3) is 0 Å². The van der Waals surface area contributed by atoms with Crippen LogP contribution in [0.3, 0.4) is 0 Å². The Kier molecular flexibility index (Phi) is 11.4. The molecule has 1 aliphatic rings. The number of amides is 3. The van der Waals surface area contributed by atoms with E-state index in [9.17, 15) is 24.3 Å². The van der Waals surface area contributed by atoms with E-state index in [2.05, 4.69) is 31.1 Å². The molecular formula is C35H40Cl2N6O7. The minimum atomic E-state index is -1.53. The molecule has 0 radical (unpaired) electrons. The van der Waals surface area contributed by atoms with Crippen molar-refractivity contribution in [2.24, 2.45) is 11.8 Å². The van der Waals surface area contributed by atoms with Gasteiger partial charge in [0.2, 0.25) is 17.7 Å². The van der Waals surface area contributed by atoms with Crippen molar-refractivity contribution < 1.29 is 33.4 Å². The molecule has 2 heterocycles. The zero-order chi connectivity index (χ0) is 36.2. The lowest BCUT2D eigenvalue weighted by Crippen LogP contribution is -2.65. The lowest BCUT2D eigenvalue weighted by atomic mass is 9.78. The van der Waals surface area contributed by atoms with E-state index in [1.165, 1.54) is 0 Å². The molecule has 0 bridgehead atoms. The van der Waals surface area contributed by atoms with Gasteiger partial charge in [-0.1, -0.05) is 94.1 Å². The number of carboxylic acids is 1. The summed E-state index contributed by atoms with van der Waals surface area (Å²) in [5, 5.41) is 27.2. The van der Waals surface area contributed by atoms with E-state index in [1.807, 2.05) is 58.0 Å². The normalized spacial score (nSPS) is 18.0. The average Bonchev–Trinajstić information content (AvgIpc) is 3.74. The molecule has 15 heteroatoms. The number of carboxylic acid groups (broad SMARTS) is 1. The lowest BCUT2D eigenvalue weighted by Gasteiger charge is -2.39. The smallest absolute Gasteiger partial charge is 0.408 e. The number of aromatic carboxylic acids is 1. The van der Waals surface area contributed by atoms with Crippen LogP contribution in [0.25, 0.3) is 10.9 Å². The number of aromatic nitrogens is 3. The molecule has 266 valence electrons. The number of carbonyl (C=O) groups excluding carboxylic acids is 3. The van der Waals surface area contributed by atoms with E-state index in [-0.39, 0.29) is 37.2 Å². The summed E-state index contributed by atoms with van der Waals surface area (Å²) >= 11 is 12.9. The number of alkyl carbamates (subject to hydrolysis) is 1. The summed E-state index contributed by atoms with van der Waals surface area (Å²) in [6, 6.07) is 10.6. The number of nitrogens with one attached hydrogen (secondary N) is 4. The second-order valence-electron chi connectivity index (χ2n) is 12.8. The highest BCUT2D eigenvalue weighted by Crippen LogP contribution is 2.39. The number of hydrogen-bond donors (Lipinski definition) is 5. The number of benzene rings is 2. The molecule has 2 unspecified atom stereocenters. The molecule has 5 atom stereocenters. The van der Waals surface area contributed by atoms with Gasteiger partial charge in [-0.25, -0.2) is 9.59 Å². The highest BCUT2D eigenvalue weighted by Gasteiger charge is 2.47. The molecule has 0 saturated heterocycles. The first-order chi connectivity index (χ1) is 23.8. The Morgan fingerprint density at radius 1 is 1.04 bits per heavy atom. The Morgan fingerprint density at radius 3 is 2.42 bits per heavy atom. The van der Waals surface area contributed by atoms with Crippen LogP contribution in [0.5, 0.6) is 0 Å². The Balaban J connectivity index is 1.49. The van der Waals surface area contributed by atoms with Crippen molar-refractivity contribution in [2.75, 3.05) is 0 Å². The fourth-order valence-electron chi connectivity index (χ4n) is 6.15. The monoisotopic (exact) mass is 726 g/mol. The van der Waals surface area contributed by atoms with Crippen molar-refractivity contribution in [1.82, 2.24) is 31.1 Å². The predicted molar refractivity (Wildman–Crippen MR) is 186 cm³/mol. The maximum Gasteiger partial charge on any atom is 0.408 e. The number of rotatable bonds is 13. The minimum absolute atomic E-state index is 0.0125. The van der Waals surface area contributed by atoms with Gasteiger partial charge < -0.3 is 35.2 Å². The molecule has 0 spiro atoms. The molecule has 3 amide bonds. The first kappa shape index (κ1) is 36.7. The molecule has 2 aromatic carbocycles. The number of nitrogens with zero attached hydrogens (tertiary/aromatic N) is 2. The largest absolute Gasteiger partial charge is 0.474 e. The summed E-state index contributed by atoms with van der Waals surface area (Å²) in [5.41, 5.74) is 1.52. The molecule has 2 aromatic heterocycles. The van der Waals surface area contributed by atoms with Gasteiger partial charge in [-0.2, -0.15) is 0 Å². The third kappa shape index (κ3) is 7.89. The third-order valence-electron chi connectivity index (χ3n) is 9.47. The maximum atomic E-state index is 14.6. The highest BCUT2D eigenvalue weighted by atomic mass is 35.5. The van der Waals surface area contributed by atoms with Crippen molar-refractivity contribution in [3.8, 4) is 0 Å². The summed E-state index contributed by atoms with van der Waals surface area (Å²) in [5.74, 6) is -3.79. The zero-order valence-corrected chi connectivity index (χ0v) is 29.7. The van der Waals surface area contributed by atoms with Crippen LogP contribution in [-0.4, -0.2) is 55.7 Å². The summed E-state index contributed by atoms with van der Waals surface area (Å²) < 4.78 is 10.9. The maximum absolute atomic E-state index is 14.6. The van der Waals surface area contributed by atoms with E-state index in [0.717, 1.165) is 16.8 Å². The van der Waals surface area contributed by atoms with Crippen molar-refractivity contribution in [1.29, 1.82) is 0 Å². The topological polar surface area (TPSA) is 189 Å². The number of carbonyl (C=O) groups is 4. The van der Waals surface area contributed by atoms with Gasteiger partial charge >= 0.3 is 18.0 Å². The zero-order valence-electron chi connectivity index (χ0n) is 28.1. The predicted octanol–water partition coefficient (Wildman–Crippen LogP) is 6.14. The van der Waals surface area contributed by atoms with E-state index >= 15 is 0 Å². The molecular weight excluding hydrogens is 687 g/mol. The van der Waals surface area contributed by atoms with Gasteiger partial charge in [-0.05, 0) is 47.9 Å². The molecule has 4 aromatic rings. The van der Waals surface area contributed by atoms with Gasteiger partial charge in [0.1, 0.15) is 24.2 Å². The number of halogens is 2. The number of aromatic amines is 1. The van der Waals surface area contributed by atoms with Crippen LogP contribution in [0.15, 0.2) is 46.9 Å². The van der Waals surface area contributed by atoms with Crippen LogP contribution in [-0.2, 0) is 33.8 Å². The molecule has 0 aliphatic heterocycles. The Hall–Kier alpha value is -4.62. The third-order valence-corrected chi connectivity index (χ3v) is 9.98. The fraction of sp³-hybridized carbons (Fsp3) is 0.429. The number of H-pyrrole nitrogens is 1. The van der Waals surface area contributed by atoms with Crippen LogP contribution in [0, 0.1) is 11.8 Å². The van der Waals surface area contributed by atoms with Crippen LogP contribution in [0.4, 0.5) is 4.79 Å². The quantitative estimate of drug-likeness (QED) is 0.108. The van der Waals surface area contributed by atoms with Gasteiger partial charge in [0.05, 0.1) is 10.5 Å². The number of fused-ring (bicyclic) bond motifs is 3. The summed E-state index contributed by atoms with van der Waals surface area (Å²) in [6.45, 7) is 7.49. The van der Waals surface area contributed by atoms with Crippen LogP contribution >= 0.6 is 23.2 Å². The Morgan fingerprint density at radius 2 is 1.76 bits per heavy atom. The Bertz CT molecular complexity index is 1880. The van der Waals surface area contributed by atoms with Crippen LogP contribution in [0.1, 0.15) is 86.4 Å². The summed E-state index contributed by atoms with van der Waals surface area (Å²) in [6.07, 6.45) is 0.938. The first-order valence-corrected chi connectivity index (χ1v) is 17.3. The fourth-order valence-corrected chi connectivity index (χ4v) is 6.69. The number of aryl methyl sites for hydroxylation is 1. The Labute approximate surface area is 298 Å². The van der Waals surface area contributed by atoms with E-state index in [1.54, 1.807) is 12.1 Å². The van der Waals surface area contributed by atoms with Gasteiger partial charge in [0.15, 0.2) is 0 Å². The molecule has 1 aliphatic carbocycles. The molecule has 5 N–H and O–H groups in total. The van der Waals surface area contributed by atoms with Gasteiger partial charge in [0, 0.05) is 22.5 Å². The van der Waals surface area contributed by atoms with E-state index in [4.69, 9.17) is 32.4 Å². The molecule has 5 rings (SSSR count). The first-order valence-electron chi connectivity index (χ1n) is 16.5. The summed E-state index contributed by atoms with van der Waals surface area (Å²) in [4.78, 5) is 56.7. The standard InChI is InChI=1S/C35H40Cl2N6O7/c1-5-18(3)26(40-34(48)49-17-20-10-8-7-9-11-20)29(44)41-35(13-12-25-23(16-35)22-14-21(36)15-24(37)28(22)38-25)33(47)39-27(19(4)6-2)30-42-43-31(50-30)32(45)46/h7-11,14-15,18-19,26-27,38H,5-6,12-13,16-17H2,1-4H3,(H,39,47)(H,40,48)(H,41,44)(H,45,46)/t18?,19?,26-,27-,35+/m0/s1. The minimum Gasteiger partial charge on any atom is -0.474 e. The molecule has 0 saturated carbocycles. The number of hydrogen-bond acceptors (Lipinski definition) is 8. The van der Waals surface area contributed by atoms with Gasteiger partial charge in [-0.15, -0.1) is 10.2 Å². The van der Waals surface area contributed by atoms with Gasteiger partial charge in [-0.3, -0.25) is 9.59 Å². The molecule has 0 fully saturated rings. The van der Waals surface area contributed by atoms with Crippen molar-refractivity contribution in [3.63, 3.8) is 0 Å².